The summed E-state index contributed by atoms with van der Waals surface area (Å²) in [7, 11) is 0. The van der Waals surface area contributed by atoms with E-state index in [9.17, 15) is 4.79 Å². The number of fused-ring (bicyclic) bond motifs is 3. The van der Waals surface area contributed by atoms with Crippen molar-refractivity contribution in [2.24, 2.45) is 28.6 Å². The Hall–Kier alpha value is -0.850. The summed E-state index contributed by atoms with van der Waals surface area (Å²) in [5.41, 5.74) is 3.45. The van der Waals surface area contributed by atoms with E-state index in [-0.39, 0.29) is 5.41 Å². The van der Waals surface area contributed by atoms with Gasteiger partial charge in [0.05, 0.1) is 0 Å². The van der Waals surface area contributed by atoms with Crippen LogP contribution in [0.2, 0.25) is 0 Å². The molecule has 116 valence electrons. The van der Waals surface area contributed by atoms with Crippen LogP contribution < -0.4 is 0 Å². The third-order valence-electron chi connectivity index (χ3n) is 6.87. The molecule has 0 aliphatic heterocycles. The number of hydrogen-bond donors (Lipinski definition) is 0. The molecule has 0 radical (unpaired) electrons. The Kier molecular flexibility index (Phi) is 3.66. The fourth-order valence-corrected chi connectivity index (χ4v) is 5.60. The maximum atomic E-state index is 11.8. The molecule has 3 rings (SSSR count). The molecule has 0 unspecified atom stereocenters. The van der Waals surface area contributed by atoms with E-state index in [1.807, 2.05) is 0 Å². The maximum absolute atomic E-state index is 11.8. The molecule has 0 N–H and O–H groups in total. The molecule has 2 fully saturated rings. The topological polar surface area (TPSA) is 17.1 Å². The van der Waals surface area contributed by atoms with E-state index in [4.69, 9.17) is 0 Å². The van der Waals surface area contributed by atoms with Crippen LogP contribution in [0.4, 0.5) is 0 Å². The fraction of sp³-hybridized carbons (Fsp3) is 0.750. The first-order valence-corrected chi connectivity index (χ1v) is 8.77. The molecule has 21 heavy (non-hydrogen) atoms. The minimum Gasteiger partial charge on any atom is -0.303 e. The summed E-state index contributed by atoms with van der Waals surface area (Å²) in [6.45, 7) is 9.28. The molecule has 0 heterocycles. The summed E-state index contributed by atoms with van der Waals surface area (Å²) in [5.74, 6) is 1.89. The van der Waals surface area contributed by atoms with Crippen molar-refractivity contribution >= 4 is 6.29 Å². The van der Waals surface area contributed by atoms with Crippen molar-refractivity contribution in [2.45, 2.75) is 66.2 Å². The van der Waals surface area contributed by atoms with Gasteiger partial charge in [0.2, 0.25) is 0 Å². The van der Waals surface area contributed by atoms with E-state index in [2.05, 4.69) is 39.8 Å². The Balaban J connectivity index is 1.94. The number of carbonyl (C=O) groups is 1. The van der Waals surface area contributed by atoms with Gasteiger partial charge in [-0.1, -0.05) is 51.8 Å². The van der Waals surface area contributed by atoms with Crippen LogP contribution in [0.5, 0.6) is 0 Å². The van der Waals surface area contributed by atoms with Crippen LogP contribution in [0, 0.1) is 28.6 Å². The Labute approximate surface area is 129 Å². The lowest BCUT2D eigenvalue weighted by atomic mass is 9.46. The van der Waals surface area contributed by atoms with E-state index >= 15 is 0 Å². The number of hydrogen-bond acceptors (Lipinski definition) is 1. The van der Waals surface area contributed by atoms with Crippen molar-refractivity contribution in [1.29, 1.82) is 0 Å². The number of aldehydes is 1. The predicted octanol–water partition coefficient (Wildman–Crippen LogP) is 5.32. The molecule has 0 bridgehead atoms. The second-order valence-corrected chi connectivity index (χ2v) is 8.44. The highest BCUT2D eigenvalue weighted by Gasteiger charge is 2.54. The third-order valence-corrected chi connectivity index (χ3v) is 6.87. The van der Waals surface area contributed by atoms with E-state index in [0.717, 1.165) is 6.42 Å². The van der Waals surface area contributed by atoms with Gasteiger partial charge in [0.15, 0.2) is 0 Å². The quantitative estimate of drug-likeness (QED) is 0.628. The van der Waals surface area contributed by atoms with Gasteiger partial charge in [-0.05, 0) is 60.8 Å². The van der Waals surface area contributed by atoms with Crippen molar-refractivity contribution < 1.29 is 4.79 Å². The normalized spacial score (nSPS) is 42.7. The van der Waals surface area contributed by atoms with Crippen molar-refractivity contribution in [3.05, 3.63) is 23.3 Å². The van der Waals surface area contributed by atoms with Gasteiger partial charge in [-0.25, -0.2) is 0 Å². The summed E-state index contributed by atoms with van der Waals surface area (Å²) in [5, 5.41) is 0. The molecule has 0 amide bonds. The molecule has 0 aromatic heterocycles. The highest BCUT2D eigenvalue weighted by Crippen LogP contribution is 2.62. The lowest BCUT2D eigenvalue weighted by Crippen LogP contribution is -2.51. The van der Waals surface area contributed by atoms with Gasteiger partial charge >= 0.3 is 0 Å². The third kappa shape index (κ3) is 2.24. The van der Waals surface area contributed by atoms with Crippen molar-refractivity contribution in [1.82, 2.24) is 0 Å². The largest absolute Gasteiger partial charge is 0.303 e. The molecule has 0 saturated heterocycles. The van der Waals surface area contributed by atoms with Crippen molar-refractivity contribution in [3.63, 3.8) is 0 Å². The van der Waals surface area contributed by atoms with Gasteiger partial charge in [0.1, 0.15) is 6.29 Å². The van der Waals surface area contributed by atoms with Gasteiger partial charge in [-0.2, -0.15) is 0 Å². The van der Waals surface area contributed by atoms with Gasteiger partial charge < -0.3 is 4.79 Å². The average Bonchev–Trinajstić information content (AvgIpc) is 2.46. The molecular weight excluding hydrogens is 256 g/mol. The van der Waals surface area contributed by atoms with Crippen molar-refractivity contribution in [3.8, 4) is 0 Å². The van der Waals surface area contributed by atoms with Crippen LogP contribution in [0.25, 0.3) is 0 Å². The van der Waals surface area contributed by atoms with Gasteiger partial charge in [0, 0.05) is 5.41 Å². The molecule has 4 atom stereocenters. The molecule has 1 heteroatoms. The SMILES string of the molecule is CC(C)C1=CC[C@H]2C(=C1)CC[C@@H]1[C@]2(C)CCC[C@@]1(C)C=O. The van der Waals surface area contributed by atoms with Crippen LogP contribution in [0.3, 0.4) is 0 Å². The molecule has 0 aromatic carbocycles. The second-order valence-electron chi connectivity index (χ2n) is 8.44. The van der Waals surface area contributed by atoms with Gasteiger partial charge in [0.25, 0.3) is 0 Å². The van der Waals surface area contributed by atoms with Crippen LogP contribution >= 0.6 is 0 Å². The lowest BCUT2D eigenvalue weighted by molar-refractivity contribution is -0.130. The molecule has 0 aromatic rings. The van der Waals surface area contributed by atoms with E-state index in [1.165, 1.54) is 44.0 Å². The van der Waals surface area contributed by atoms with Crippen LogP contribution in [-0.2, 0) is 4.79 Å². The summed E-state index contributed by atoms with van der Waals surface area (Å²) in [6.07, 6.45) is 13.5. The van der Waals surface area contributed by atoms with Crippen LogP contribution in [0.1, 0.15) is 66.2 Å². The molecule has 1 nitrogen and oxygen atoms in total. The van der Waals surface area contributed by atoms with E-state index in [1.54, 1.807) is 5.57 Å². The molecule has 3 aliphatic carbocycles. The highest BCUT2D eigenvalue weighted by atomic mass is 16.1. The lowest BCUT2D eigenvalue weighted by Gasteiger charge is -2.57. The highest BCUT2D eigenvalue weighted by molar-refractivity contribution is 5.60. The smallest absolute Gasteiger partial charge is 0.126 e. The molecular formula is C20H30O. The minimum absolute atomic E-state index is 0.0828. The van der Waals surface area contributed by atoms with Gasteiger partial charge in [-0.15, -0.1) is 0 Å². The zero-order valence-electron chi connectivity index (χ0n) is 14.1. The number of rotatable bonds is 2. The predicted molar refractivity (Wildman–Crippen MR) is 88.0 cm³/mol. The van der Waals surface area contributed by atoms with E-state index < -0.39 is 0 Å². The average molecular weight is 286 g/mol. The summed E-state index contributed by atoms with van der Waals surface area (Å²) >= 11 is 0. The first-order chi connectivity index (χ1) is 9.90. The zero-order valence-corrected chi connectivity index (χ0v) is 14.1. The Morgan fingerprint density at radius 1 is 1.29 bits per heavy atom. The summed E-state index contributed by atoms with van der Waals surface area (Å²) in [4.78, 5) is 11.8. The minimum atomic E-state index is -0.0828. The standard InChI is InChI=1S/C20H30O/c1-14(2)15-6-8-17-16(12-15)7-9-18-19(3,13-21)10-5-11-20(17,18)4/h6,12-14,17-18H,5,7-11H2,1-4H3/t17-,18-,19-,20+/m0/s1. The molecule has 0 spiro atoms. The summed E-state index contributed by atoms with van der Waals surface area (Å²) < 4.78 is 0. The zero-order chi connectivity index (χ0) is 15.3. The molecule has 2 saturated carbocycles. The summed E-state index contributed by atoms with van der Waals surface area (Å²) in [6, 6.07) is 0. The van der Waals surface area contributed by atoms with E-state index in [0.29, 0.717) is 23.2 Å². The van der Waals surface area contributed by atoms with Crippen LogP contribution in [0.15, 0.2) is 23.3 Å². The molecule has 3 aliphatic rings. The second kappa shape index (κ2) is 5.11. The monoisotopic (exact) mass is 286 g/mol. The Morgan fingerprint density at radius 3 is 2.71 bits per heavy atom. The van der Waals surface area contributed by atoms with Crippen LogP contribution in [-0.4, -0.2) is 6.29 Å². The first kappa shape index (κ1) is 15.1. The van der Waals surface area contributed by atoms with Gasteiger partial charge in [-0.3, -0.25) is 0 Å². The Morgan fingerprint density at radius 2 is 2.05 bits per heavy atom. The number of carbonyl (C=O) groups excluding carboxylic acids is 1. The fourth-order valence-electron chi connectivity index (χ4n) is 5.60. The Bertz CT molecular complexity index is 498. The van der Waals surface area contributed by atoms with Crippen molar-refractivity contribution in [2.75, 3.05) is 0 Å². The maximum Gasteiger partial charge on any atom is 0.126 e. The first-order valence-electron chi connectivity index (χ1n) is 8.77. The number of allylic oxidation sites excluding steroid dienone is 4.